The number of rotatable bonds is 6. The first-order valence-corrected chi connectivity index (χ1v) is 9.74. The third-order valence-corrected chi connectivity index (χ3v) is 4.89. The molecular weight excluding hydrogens is 401 g/mol. The molecular formula is C22H22FN5O3. The van der Waals surface area contributed by atoms with Crippen LogP contribution in [0.4, 0.5) is 14.9 Å². The monoisotopic (exact) mass is 423 g/mol. The van der Waals surface area contributed by atoms with Gasteiger partial charge in [-0.05, 0) is 43.3 Å². The van der Waals surface area contributed by atoms with Crippen molar-refractivity contribution in [3.8, 4) is 17.0 Å². The van der Waals surface area contributed by atoms with Crippen LogP contribution in [-0.4, -0.2) is 32.5 Å². The van der Waals surface area contributed by atoms with Gasteiger partial charge >= 0.3 is 6.09 Å². The van der Waals surface area contributed by atoms with Crippen molar-refractivity contribution in [3.63, 3.8) is 0 Å². The average molecular weight is 423 g/mol. The van der Waals surface area contributed by atoms with Gasteiger partial charge in [0.1, 0.15) is 23.9 Å². The molecule has 0 spiro atoms. The maximum Gasteiger partial charge on any atom is 0.412 e. The Balaban J connectivity index is 1.46. The largest absolute Gasteiger partial charge is 0.496 e. The van der Waals surface area contributed by atoms with E-state index >= 15 is 0 Å². The number of amides is 1. The maximum atomic E-state index is 13.5. The van der Waals surface area contributed by atoms with E-state index in [-0.39, 0.29) is 12.4 Å². The van der Waals surface area contributed by atoms with Crippen LogP contribution in [0.15, 0.2) is 48.8 Å². The predicted octanol–water partition coefficient (Wildman–Crippen LogP) is 4.35. The fourth-order valence-corrected chi connectivity index (χ4v) is 3.38. The molecule has 0 saturated heterocycles. The summed E-state index contributed by atoms with van der Waals surface area (Å²) in [7, 11) is 3.39. The molecule has 160 valence electrons. The molecule has 0 bridgehead atoms. The molecule has 2 heterocycles. The zero-order valence-electron chi connectivity index (χ0n) is 17.4. The molecule has 4 rings (SSSR count). The lowest BCUT2D eigenvalue weighted by Crippen LogP contribution is -2.13. The van der Waals surface area contributed by atoms with Crippen molar-refractivity contribution < 1.29 is 18.7 Å². The third kappa shape index (κ3) is 4.20. The molecule has 0 atom stereocenters. The lowest BCUT2D eigenvalue weighted by molar-refractivity contribution is 0.153. The average Bonchev–Trinajstić information content (AvgIpc) is 3.35. The number of fused-ring (bicyclic) bond motifs is 1. The van der Waals surface area contributed by atoms with Crippen molar-refractivity contribution in [2.75, 3.05) is 12.4 Å². The van der Waals surface area contributed by atoms with E-state index in [1.807, 2.05) is 24.6 Å². The number of ether oxygens (including phenoxy) is 2. The normalized spacial score (nSPS) is 11.0. The predicted molar refractivity (Wildman–Crippen MR) is 114 cm³/mol. The lowest BCUT2D eigenvalue weighted by Gasteiger charge is -2.09. The molecule has 0 aliphatic rings. The molecule has 2 aromatic heterocycles. The minimum Gasteiger partial charge on any atom is -0.496 e. The van der Waals surface area contributed by atoms with Crippen molar-refractivity contribution in [1.82, 2.24) is 19.3 Å². The van der Waals surface area contributed by atoms with E-state index in [2.05, 4.69) is 15.4 Å². The summed E-state index contributed by atoms with van der Waals surface area (Å²) in [6.07, 6.45) is 1.12. The molecule has 0 aliphatic heterocycles. The maximum absolute atomic E-state index is 13.5. The van der Waals surface area contributed by atoms with E-state index in [4.69, 9.17) is 9.47 Å². The first kappa shape index (κ1) is 20.4. The van der Waals surface area contributed by atoms with Gasteiger partial charge in [0, 0.05) is 30.9 Å². The highest BCUT2D eigenvalue weighted by molar-refractivity contribution is 5.88. The zero-order chi connectivity index (χ0) is 22.0. The van der Waals surface area contributed by atoms with Crippen LogP contribution >= 0.6 is 0 Å². The van der Waals surface area contributed by atoms with Crippen LogP contribution in [0.2, 0.25) is 0 Å². The summed E-state index contributed by atoms with van der Waals surface area (Å²) in [4.78, 5) is 16.5. The Morgan fingerprint density at radius 3 is 2.81 bits per heavy atom. The molecule has 0 aliphatic carbocycles. The number of aryl methyl sites for hydroxylation is 2. The van der Waals surface area contributed by atoms with Gasteiger partial charge in [-0.2, -0.15) is 5.10 Å². The molecule has 4 aromatic rings. The number of anilines is 1. The molecule has 0 saturated carbocycles. The Kier molecular flexibility index (Phi) is 5.57. The summed E-state index contributed by atoms with van der Waals surface area (Å²) in [5.41, 5.74) is 4.36. The number of benzene rings is 2. The molecule has 2 aromatic carbocycles. The second kappa shape index (κ2) is 8.47. The number of nitrogens with zero attached hydrogens (tertiary/aromatic N) is 4. The highest BCUT2D eigenvalue weighted by Gasteiger charge is 2.15. The number of nitrogens with one attached hydrogen (secondary N) is 1. The molecule has 31 heavy (non-hydrogen) atoms. The van der Waals surface area contributed by atoms with Crippen LogP contribution in [-0.2, 0) is 24.9 Å². The minimum atomic E-state index is -0.595. The van der Waals surface area contributed by atoms with Gasteiger partial charge in [-0.1, -0.05) is 0 Å². The smallest absolute Gasteiger partial charge is 0.412 e. The van der Waals surface area contributed by atoms with Crippen LogP contribution in [0.3, 0.4) is 0 Å². The van der Waals surface area contributed by atoms with Gasteiger partial charge in [0.05, 0.1) is 30.2 Å². The number of carbonyl (C=O) groups excluding carboxylic acids is 1. The van der Waals surface area contributed by atoms with Gasteiger partial charge in [-0.25, -0.2) is 14.2 Å². The molecule has 1 amide bonds. The topological polar surface area (TPSA) is 83.2 Å². The first-order valence-electron chi connectivity index (χ1n) is 9.74. The molecule has 9 heteroatoms. The van der Waals surface area contributed by atoms with Gasteiger partial charge in [-0.15, -0.1) is 0 Å². The molecule has 8 nitrogen and oxygen atoms in total. The van der Waals surface area contributed by atoms with Crippen molar-refractivity contribution in [3.05, 3.63) is 60.3 Å². The van der Waals surface area contributed by atoms with Gasteiger partial charge in [-0.3, -0.25) is 10.00 Å². The number of methoxy groups -OCH3 is 1. The van der Waals surface area contributed by atoms with E-state index in [0.29, 0.717) is 29.2 Å². The van der Waals surface area contributed by atoms with Crippen molar-refractivity contribution in [2.24, 2.45) is 7.05 Å². The van der Waals surface area contributed by atoms with E-state index in [0.717, 1.165) is 16.7 Å². The van der Waals surface area contributed by atoms with Gasteiger partial charge in [0.2, 0.25) is 0 Å². The SMILES string of the molecule is CCn1nc(COC(=O)Nc2ccc3c(c2)ncn3C)cc1-c1ccc(F)cc1OC. The molecule has 1 N–H and O–H groups in total. The third-order valence-electron chi connectivity index (χ3n) is 4.89. The van der Waals surface area contributed by atoms with E-state index in [1.165, 1.54) is 19.2 Å². The fourth-order valence-electron chi connectivity index (χ4n) is 3.38. The summed E-state index contributed by atoms with van der Waals surface area (Å²) in [6.45, 7) is 2.52. The Morgan fingerprint density at radius 1 is 1.19 bits per heavy atom. The van der Waals surface area contributed by atoms with Crippen LogP contribution in [0, 0.1) is 5.82 Å². The van der Waals surface area contributed by atoms with E-state index in [9.17, 15) is 9.18 Å². The Bertz CT molecular complexity index is 1250. The van der Waals surface area contributed by atoms with Gasteiger partial charge < -0.3 is 14.0 Å². The number of halogens is 1. The summed E-state index contributed by atoms with van der Waals surface area (Å²) in [5, 5.41) is 7.17. The van der Waals surface area contributed by atoms with Crippen LogP contribution in [0.1, 0.15) is 12.6 Å². The second-order valence-corrected chi connectivity index (χ2v) is 6.94. The van der Waals surface area contributed by atoms with Crippen molar-refractivity contribution in [2.45, 2.75) is 20.1 Å². The molecule has 0 fully saturated rings. The Labute approximate surface area is 178 Å². The standard InChI is InChI=1S/C22H22FN5O3/c1-4-28-20(17-7-5-14(23)9-21(17)30-3)11-16(26-28)12-31-22(29)25-15-6-8-19-18(10-15)24-13-27(19)2/h5-11,13H,4,12H2,1-3H3,(H,25,29). The summed E-state index contributed by atoms with van der Waals surface area (Å²) >= 11 is 0. The van der Waals surface area contributed by atoms with Gasteiger partial charge in [0.15, 0.2) is 0 Å². The minimum absolute atomic E-state index is 0.0127. The number of imidazole rings is 1. The number of hydrogen-bond donors (Lipinski definition) is 1. The Hall–Kier alpha value is -3.88. The number of aromatic nitrogens is 4. The fraction of sp³-hybridized carbons (Fsp3) is 0.227. The van der Waals surface area contributed by atoms with Crippen LogP contribution in [0.5, 0.6) is 5.75 Å². The van der Waals surface area contributed by atoms with Crippen LogP contribution in [0.25, 0.3) is 22.3 Å². The highest BCUT2D eigenvalue weighted by Crippen LogP contribution is 2.31. The highest BCUT2D eigenvalue weighted by atomic mass is 19.1. The summed E-state index contributed by atoms with van der Waals surface area (Å²) in [5.74, 6) is 0.0250. The molecule has 0 unspecified atom stereocenters. The Morgan fingerprint density at radius 2 is 2.03 bits per heavy atom. The van der Waals surface area contributed by atoms with E-state index < -0.39 is 6.09 Å². The lowest BCUT2D eigenvalue weighted by atomic mass is 10.1. The number of hydrogen-bond acceptors (Lipinski definition) is 5. The summed E-state index contributed by atoms with van der Waals surface area (Å²) < 4.78 is 27.8. The second-order valence-electron chi connectivity index (χ2n) is 6.94. The molecule has 0 radical (unpaired) electrons. The van der Waals surface area contributed by atoms with E-state index in [1.54, 1.807) is 35.3 Å². The zero-order valence-corrected chi connectivity index (χ0v) is 17.4. The van der Waals surface area contributed by atoms with Gasteiger partial charge in [0.25, 0.3) is 0 Å². The number of carbonyl (C=O) groups is 1. The quantitative estimate of drug-likeness (QED) is 0.498. The summed E-state index contributed by atoms with van der Waals surface area (Å²) in [6, 6.07) is 11.6. The first-order chi connectivity index (χ1) is 15.0. The van der Waals surface area contributed by atoms with Crippen molar-refractivity contribution >= 4 is 22.8 Å². The van der Waals surface area contributed by atoms with Crippen LogP contribution < -0.4 is 10.1 Å². The van der Waals surface area contributed by atoms with Crippen molar-refractivity contribution in [1.29, 1.82) is 0 Å².